The zero-order valence-corrected chi connectivity index (χ0v) is 21.4. The number of halogens is 3. The summed E-state index contributed by atoms with van der Waals surface area (Å²) in [7, 11) is 1.53. The highest BCUT2D eigenvalue weighted by Crippen LogP contribution is 2.41. The number of amides is 1. The highest BCUT2D eigenvalue weighted by molar-refractivity contribution is 6.35. The normalized spacial score (nSPS) is 14.4. The molecule has 3 aromatic carbocycles. The fourth-order valence-electron chi connectivity index (χ4n) is 3.93. The molecule has 0 aromatic heterocycles. The number of ether oxygens (including phenoxy) is 3. The largest absolute Gasteiger partial charge is 0.496 e. The van der Waals surface area contributed by atoms with Crippen LogP contribution < -0.4 is 19.5 Å². The molecule has 0 spiro atoms. The van der Waals surface area contributed by atoms with Gasteiger partial charge in [0.15, 0.2) is 0 Å². The maximum absolute atomic E-state index is 12.6. The number of aliphatic carboxylic acids is 1. The summed E-state index contributed by atoms with van der Waals surface area (Å²) < 4.78 is 16.8. The van der Waals surface area contributed by atoms with E-state index in [1.54, 1.807) is 48.5 Å². The zero-order valence-electron chi connectivity index (χ0n) is 19.1. The van der Waals surface area contributed by atoms with E-state index in [2.05, 4.69) is 5.32 Å². The first-order valence-electron chi connectivity index (χ1n) is 11.0. The van der Waals surface area contributed by atoms with Gasteiger partial charge in [-0.15, -0.1) is 0 Å². The molecule has 1 atom stereocenters. The molecule has 0 saturated heterocycles. The number of hydrogen-bond acceptors (Lipinski definition) is 5. The van der Waals surface area contributed by atoms with Crippen molar-refractivity contribution in [2.75, 3.05) is 20.3 Å². The lowest BCUT2D eigenvalue weighted by atomic mass is 9.93. The number of fused-ring (bicyclic) bond motifs is 1. The summed E-state index contributed by atoms with van der Waals surface area (Å²) in [6, 6.07) is 13.0. The smallest absolute Gasteiger partial charge is 0.311 e. The van der Waals surface area contributed by atoms with Crippen LogP contribution in [0.1, 0.15) is 33.8 Å². The molecule has 0 saturated carbocycles. The number of carbonyl (C=O) groups is 2. The molecule has 3 aromatic rings. The highest BCUT2D eigenvalue weighted by atomic mass is 35.5. The summed E-state index contributed by atoms with van der Waals surface area (Å²) in [4.78, 5) is 24.1. The maximum atomic E-state index is 12.6. The van der Waals surface area contributed by atoms with Crippen LogP contribution in [0.2, 0.25) is 15.1 Å². The van der Waals surface area contributed by atoms with Gasteiger partial charge < -0.3 is 24.6 Å². The van der Waals surface area contributed by atoms with Gasteiger partial charge in [0.1, 0.15) is 23.0 Å². The van der Waals surface area contributed by atoms with Crippen molar-refractivity contribution in [3.63, 3.8) is 0 Å². The summed E-state index contributed by atoms with van der Waals surface area (Å²) in [5, 5.41) is 13.5. The Bertz CT molecular complexity index is 1300. The van der Waals surface area contributed by atoms with E-state index < -0.39 is 11.9 Å². The first-order chi connectivity index (χ1) is 17.3. The lowest BCUT2D eigenvalue weighted by Gasteiger charge is -2.24. The van der Waals surface area contributed by atoms with Crippen LogP contribution in [-0.4, -0.2) is 37.2 Å². The van der Waals surface area contributed by atoms with Gasteiger partial charge in [-0.3, -0.25) is 9.59 Å². The Morgan fingerprint density at radius 2 is 1.81 bits per heavy atom. The number of carboxylic acids is 1. The van der Waals surface area contributed by atoms with Crippen LogP contribution in [0, 0.1) is 0 Å². The van der Waals surface area contributed by atoms with Crippen LogP contribution in [0.3, 0.4) is 0 Å². The fraction of sp³-hybridized carbons (Fsp3) is 0.231. The molecule has 0 aliphatic carbocycles. The first kappa shape index (κ1) is 25.9. The quantitative estimate of drug-likeness (QED) is 0.338. The Labute approximate surface area is 222 Å². The molecule has 1 aliphatic rings. The fourth-order valence-corrected chi connectivity index (χ4v) is 4.71. The SMILES string of the molecule is COc1cc(Cl)cc(Cl)c1CCNC(=O)c1ccc(Oc2cc3c(cc2Cl)C(C(=O)O)CCO3)cc1. The first-order valence-corrected chi connectivity index (χ1v) is 12.2. The van der Waals surface area contributed by atoms with Crippen LogP contribution in [-0.2, 0) is 11.2 Å². The van der Waals surface area contributed by atoms with Gasteiger partial charge in [-0.25, -0.2) is 0 Å². The van der Waals surface area contributed by atoms with Crippen LogP contribution in [0.4, 0.5) is 0 Å². The number of carbonyl (C=O) groups excluding carboxylic acids is 1. The standard InChI is InChI=1S/C26H22Cl3NO6/c1-34-22-11-15(27)10-20(28)18(22)6-8-30-25(31)14-2-4-16(5-3-14)36-24-13-23-19(12-21(24)29)17(26(32)33)7-9-35-23/h2-5,10-13,17H,6-9H2,1H3,(H,30,31)(H,32,33). The van der Waals surface area contributed by atoms with Crippen molar-refractivity contribution in [3.05, 3.63) is 80.3 Å². The van der Waals surface area contributed by atoms with Crippen molar-refractivity contribution in [2.45, 2.75) is 18.8 Å². The Morgan fingerprint density at radius 3 is 2.50 bits per heavy atom. The molecular weight excluding hydrogens is 529 g/mol. The Morgan fingerprint density at radius 1 is 1.06 bits per heavy atom. The van der Waals surface area contributed by atoms with E-state index in [-0.39, 0.29) is 10.9 Å². The van der Waals surface area contributed by atoms with E-state index in [9.17, 15) is 14.7 Å². The van der Waals surface area contributed by atoms with Crippen LogP contribution in [0.25, 0.3) is 0 Å². The van der Waals surface area contributed by atoms with Gasteiger partial charge in [-0.1, -0.05) is 34.8 Å². The van der Waals surface area contributed by atoms with Crippen LogP contribution >= 0.6 is 34.8 Å². The monoisotopic (exact) mass is 549 g/mol. The van der Waals surface area contributed by atoms with E-state index in [1.807, 2.05) is 0 Å². The summed E-state index contributed by atoms with van der Waals surface area (Å²) in [6.07, 6.45) is 0.844. The Kier molecular flexibility index (Phi) is 8.14. The molecule has 1 amide bonds. The molecule has 0 bridgehead atoms. The molecule has 1 aliphatic heterocycles. The lowest BCUT2D eigenvalue weighted by Crippen LogP contribution is -2.25. The third-order valence-electron chi connectivity index (χ3n) is 5.75. The van der Waals surface area contributed by atoms with Crippen molar-refractivity contribution in [1.29, 1.82) is 0 Å². The predicted octanol–water partition coefficient (Wildman–Crippen LogP) is 6.37. The predicted molar refractivity (Wildman–Crippen MR) is 138 cm³/mol. The van der Waals surface area contributed by atoms with Gasteiger partial charge in [0.2, 0.25) is 0 Å². The minimum atomic E-state index is -0.923. The summed E-state index contributed by atoms with van der Waals surface area (Å²) >= 11 is 18.6. The minimum Gasteiger partial charge on any atom is -0.496 e. The molecule has 2 N–H and O–H groups in total. The number of nitrogens with one attached hydrogen (secondary N) is 1. The number of methoxy groups -OCH3 is 1. The lowest BCUT2D eigenvalue weighted by molar-refractivity contribution is -0.139. The average Bonchev–Trinajstić information content (AvgIpc) is 2.85. The van der Waals surface area contributed by atoms with Gasteiger partial charge in [0.05, 0.1) is 24.7 Å². The van der Waals surface area contributed by atoms with E-state index in [1.165, 1.54) is 7.11 Å². The van der Waals surface area contributed by atoms with E-state index in [0.29, 0.717) is 70.2 Å². The van der Waals surface area contributed by atoms with Crippen molar-refractivity contribution in [2.24, 2.45) is 0 Å². The van der Waals surface area contributed by atoms with Crippen molar-refractivity contribution in [1.82, 2.24) is 5.32 Å². The molecular formula is C26H22Cl3NO6. The summed E-state index contributed by atoms with van der Waals surface area (Å²) in [5.41, 5.74) is 1.73. The Balaban J connectivity index is 1.39. The molecule has 0 radical (unpaired) electrons. The van der Waals surface area contributed by atoms with Gasteiger partial charge in [-0.05, 0) is 55.3 Å². The summed E-state index contributed by atoms with van der Waals surface area (Å²) in [6.45, 7) is 0.642. The van der Waals surface area contributed by atoms with Crippen molar-refractivity contribution in [3.8, 4) is 23.0 Å². The number of hydrogen-bond donors (Lipinski definition) is 2. The summed E-state index contributed by atoms with van der Waals surface area (Å²) in [5.74, 6) is -0.0763. The van der Waals surface area contributed by atoms with Gasteiger partial charge >= 0.3 is 5.97 Å². The molecule has 1 heterocycles. The van der Waals surface area contributed by atoms with E-state index in [0.717, 1.165) is 5.56 Å². The zero-order chi connectivity index (χ0) is 25.8. The third kappa shape index (κ3) is 5.81. The average molecular weight is 551 g/mol. The second-order valence-electron chi connectivity index (χ2n) is 8.05. The second kappa shape index (κ2) is 11.3. The molecule has 0 fully saturated rings. The second-order valence-corrected chi connectivity index (χ2v) is 9.30. The topological polar surface area (TPSA) is 94.1 Å². The van der Waals surface area contributed by atoms with Crippen LogP contribution in [0.15, 0.2) is 48.5 Å². The van der Waals surface area contributed by atoms with Crippen LogP contribution in [0.5, 0.6) is 23.0 Å². The third-order valence-corrected chi connectivity index (χ3v) is 6.60. The van der Waals surface area contributed by atoms with Gasteiger partial charge in [-0.2, -0.15) is 0 Å². The molecule has 188 valence electrons. The minimum absolute atomic E-state index is 0.259. The molecule has 10 heteroatoms. The Hall–Kier alpha value is -3.13. The molecule has 4 rings (SSSR count). The van der Waals surface area contributed by atoms with E-state index in [4.69, 9.17) is 49.0 Å². The number of rotatable bonds is 8. The molecule has 1 unspecified atom stereocenters. The van der Waals surface area contributed by atoms with Gasteiger partial charge in [0.25, 0.3) is 5.91 Å². The van der Waals surface area contributed by atoms with Crippen molar-refractivity contribution < 1.29 is 28.9 Å². The highest BCUT2D eigenvalue weighted by Gasteiger charge is 2.29. The van der Waals surface area contributed by atoms with Crippen molar-refractivity contribution >= 4 is 46.7 Å². The molecule has 7 nitrogen and oxygen atoms in total. The molecule has 36 heavy (non-hydrogen) atoms. The number of benzene rings is 3. The maximum Gasteiger partial charge on any atom is 0.311 e. The van der Waals surface area contributed by atoms with Gasteiger partial charge in [0, 0.05) is 39.3 Å². The van der Waals surface area contributed by atoms with E-state index >= 15 is 0 Å². The number of carboxylic acid groups (broad SMARTS) is 1.